The van der Waals surface area contributed by atoms with E-state index in [2.05, 4.69) is 16.1 Å². The highest BCUT2D eigenvalue weighted by Crippen LogP contribution is 2.29. The summed E-state index contributed by atoms with van der Waals surface area (Å²) in [4.78, 5) is 5.32. The van der Waals surface area contributed by atoms with Crippen molar-refractivity contribution in [1.29, 1.82) is 0 Å². The lowest BCUT2D eigenvalue weighted by molar-refractivity contribution is 0.288. The van der Waals surface area contributed by atoms with E-state index in [4.69, 9.17) is 10.5 Å². The third-order valence-corrected chi connectivity index (χ3v) is 4.11. The van der Waals surface area contributed by atoms with Crippen molar-refractivity contribution in [3.63, 3.8) is 0 Å². The Bertz CT molecular complexity index is 761. The van der Waals surface area contributed by atoms with Crippen molar-refractivity contribution >= 4 is 22.1 Å². The maximum Gasteiger partial charge on any atom is 0.214 e. The number of thiazole rings is 1. The number of hydrogen-bond donors (Lipinski definition) is 1. The van der Waals surface area contributed by atoms with Crippen LogP contribution in [0, 0.1) is 0 Å². The summed E-state index contributed by atoms with van der Waals surface area (Å²) in [5.74, 6) is 2.32. The van der Waals surface area contributed by atoms with E-state index >= 15 is 0 Å². The molecule has 1 aliphatic rings. The van der Waals surface area contributed by atoms with Crippen molar-refractivity contribution in [2.75, 3.05) is 12.3 Å². The molecular weight excluding hydrogens is 260 g/mol. The molecule has 4 rings (SSSR count). The molecule has 5 nitrogen and oxygen atoms in total. The standard InChI is InChI=1S/C13H12N4OS/c14-11-7-19-13-15-12(16-17(11)13)9-3-4-10-8(6-9)2-1-5-18-10/h3-4,6-7H,1-2,5,14H2. The zero-order chi connectivity index (χ0) is 12.8. The number of hydrogen-bond acceptors (Lipinski definition) is 5. The third kappa shape index (κ3) is 1.67. The van der Waals surface area contributed by atoms with Crippen molar-refractivity contribution in [3.05, 3.63) is 29.1 Å². The quantitative estimate of drug-likeness (QED) is 0.738. The molecule has 2 aromatic heterocycles. The zero-order valence-electron chi connectivity index (χ0n) is 10.2. The Hall–Kier alpha value is -2.08. The van der Waals surface area contributed by atoms with Gasteiger partial charge in [-0.2, -0.15) is 9.50 Å². The fourth-order valence-electron chi connectivity index (χ4n) is 2.33. The van der Waals surface area contributed by atoms with Crippen LogP contribution in [0.4, 0.5) is 5.82 Å². The van der Waals surface area contributed by atoms with Gasteiger partial charge >= 0.3 is 0 Å². The highest BCUT2D eigenvalue weighted by molar-refractivity contribution is 7.15. The molecule has 2 N–H and O–H groups in total. The Kier molecular flexibility index (Phi) is 2.25. The summed E-state index contributed by atoms with van der Waals surface area (Å²) in [5, 5.41) is 6.29. The van der Waals surface area contributed by atoms with Crippen LogP contribution in [0.15, 0.2) is 23.6 Å². The summed E-state index contributed by atoms with van der Waals surface area (Å²) >= 11 is 1.50. The molecule has 1 aliphatic heterocycles. The van der Waals surface area contributed by atoms with Crippen molar-refractivity contribution in [2.45, 2.75) is 12.8 Å². The highest BCUT2D eigenvalue weighted by Gasteiger charge is 2.14. The van der Waals surface area contributed by atoms with Crippen LogP contribution < -0.4 is 10.5 Å². The Morgan fingerprint density at radius 1 is 1.37 bits per heavy atom. The normalized spacial score (nSPS) is 14.3. The first kappa shape index (κ1) is 10.8. The van der Waals surface area contributed by atoms with Crippen molar-refractivity contribution in [2.24, 2.45) is 0 Å². The smallest absolute Gasteiger partial charge is 0.214 e. The number of nitrogens with two attached hydrogens (primary N) is 1. The molecule has 0 unspecified atom stereocenters. The maximum atomic E-state index is 5.83. The number of aromatic nitrogens is 3. The summed E-state index contributed by atoms with van der Waals surface area (Å²) in [6, 6.07) is 6.12. The second-order valence-electron chi connectivity index (χ2n) is 4.56. The number of aryl methyl sites for hydroxylation is 1. The number of benzene rings is 1. The van der Waals surface area contributed by atoms with Crippen LogP contribution in [0.3, 0.4) is 0 Å². The average Bonchev–Trinajstić information content (AvgIpc) is 3.01. The van der Waals surface area contributed by atoms with Gasteiger partial charge in [0.05, 0.1) is 6.61 Å². The van der Waals surface area contributed by atoms with Crippen molar-refractivity contribution in [3.8, 4) is 17.1 Å². The van der Waals surface area contributed by atoms with Crippen LogP contribution in [0.2, 0.25) is 0 Å². The van der Waals surface area contributed by atoms with Crippen LogP contribution in [-0.2, 0) is 6.42 Å². The van der Waals surface area contributed by atoms with E-state index in [0.29, 0.717) is 11.6 Å². The molecule has 0 bridgehead atoms. The van der Waals surface area contributed by atoms with Gasteiger partial charge in [0.25, 0.3) is 0 Å². The van der Waals surface area contributed by atoms with Crippen molar-refractivity contribution in [1.82, 2.24) is 14.6 Å². The lowest BCUT2D eigenvalue weighted by atomic mass is 10.0. The fourth-order valence-corrected chi connectivity index (χ4v) is 3.04. The molecule has 0 amide bonds. The molecule has 0 atom stereocenters. The van der Waals surface area contributed by atoms with E-state index < -0.39 is 0 Å². The highest BCUT2D eigenvalue weighted by atomic mass is 32.1. The summed E-state index contributed by atoms with van der Waals surface area (Å²) in [7, 11) is 0. The molecule has 6 heteroatoms. The monoisotopic (exact) mass is 272 g/mol. The van der Waals surface area contributed by atoms with Gasteiger partial charge in [-0.25, -0.2) is 0 Å². The molecule has 0 spiro atoms. The number of rotatable bonds is 1. The number of nitrogen functional groups attached to an aromatic ring is 1. The Labute approximate surface area is 113 Å². The molecule has 1 aromatic carbocycles. The number of anilines is 1. The minimum absolute atomic E-state index is 0.625. The van der Waals surface area contributed by atoms with E-state index in [1.165, 1.54) is 16.9 Å². The molecule has 0 aliphatic carbocycles. The number of ether oxygens (including phenoxy) is 1. The first-order chi connectivity index (χ1) is 9.31. The van der Waals surface area contributed by atoms with E-state index in [9.17, 15) is 0 Å². The van der Waals surface area contributed by atoms with Crippen LogP contribution in [0.5, 0.6) is 5.75 Å². The lowest BCUT2D eigenvalue weighted by Gasteiger charge is -2.17. The van der Waals surface area contributed by atoms with E-state index in [1.54, 1.807) is 4.52 Å². The van der Waals surface area contributed by atoms with Gasteiger partial charge in [0, 0.05) is 10.9 Å². The SMILES string of the molecule is Nc1csc2nc(-c3ccc4c(c3)CCCO4)nn12. The van der Waals surface area contributed by atoms with Gasteiger partial charge in [-0.1, -0.05) is 0 Å². The van der Waals surface area contributed by atoms with Crippen LogP contribution >= 0.6 is 11.3 Å². The minimum atomic E-state index is 0.625. The summed E-state index contributed by atoms with van der Waals surface area (Å²) < 4.78 is 7.29. The zero-order valence-corrected chi connectivity index (χ0v) is 11.0. The van der Waals surface area contributed by atoms with E-state index in [-0.39, 0.29) is 0 Å². The summed E-state index contributed by atoms with van der Waals surface area (Å²) in [6.07, 6.45) is 2.11. The Morgan fingerprint density at radius 3 is 3.21 bits per heavy atom. The Balaban J connectivity index is 1.82. The predicted octanol–water partition coefficient (Wildman–Crippen LogP) is 2.37. The first-order valence-corrected chi connectivity index (χ1v) is 7.05. The molecule has 0 saturated heterocycles. The molecule has 3 heterocycles. The number of fused-ring (bicyclic) bond motifs is 2. The van der Waals surface area contributed by atoms with Gasteiger partial charge in [0.15, 0.2) is 5.82 Å². The molecule has 3 aromatic rings. The van der Waals surface area contributed by atoms with Crippen LogP contribution in [-0.4, -0.2) is 21.2 Å². The number of nitrogens with zero attached hydrogens (tertiary/aromatic N) is 3. The van der Waals surface area contributed by atoms with Crippen LogP contribution in [0.25, 0.3) is 16.3 Å². The van der Waals surface area contributed by atoms with E-state index in [0.717, 1.165) is 35.7 Å². The Morgan fingerprint density at radius 2 is 2.32 bits per heavy atom. The largest absolute Gasteiger partial charge is 0.493 e. The maximum absolute atomic E-state index is 5.83. The molecule has 0 saturated carbocycles. The average molecular weight is 272 g/mol. The summed E-state index contributed by atoms with van der Waals surface area (Å²) in [5.41, 5.74) is 8.07. The van der Waals surface area contributed by atoms with Crippen LogP contribution in [0.1, 0.15) is 12.0 Å². The first-order valence-electron chi connectivity index (χ1n) is 6.17. The second-order valence-corrected chi connectivity index (χ2v) is 5.40. The van der Waals surface area contributed by atoms with Gasteiger partial charge in [0.2, 0.25) is 4.96 Å². The van der Waals surface area contributed by atoms with Gasteiger partial charge in [-0.15, -0.1) is 16.4 Å². The second kappa shape index (κ2) is 3.96. The van der Waals surface area contributed by atoms with Gasteiger partial charge in [-0.05, 0) is 36.6 Å². The molecule has 0 radical (unpaired) electrons. The predicted molar refractivity (Wildman–Crippen MR) is 74.5 cm³/mol. The summed E-state index contributed by atoms with van der Waals surface area (Å²) in [6.45, 7) is 0.807. The van der Waals surface area contributed by atoms with Gasteiger partial charge < -0.3 is 10.5 Å². The van der Waals surface area contributed by atoms with Gasteiger partial charge in [0.1, 0.15) is 11.6 Å². The molecular formula is C13H12N4OS. The minimum Gasteiger partial charge on any atom is -0.493 e. The fraction of sp³-hybridized carbons (Fsp3) is 0.231. The molecule has 19 heavy (non-hydrogen) atoms. The van der Waals surface area contributed by atoms with E-state index in [1.807, 2.05) is 17.5 Å². The molecule has 0 fully saturated rings. The van der Waals surface area contributed by atoms with Crippen molar-refractivity contribution < 1.29 is 4.74 Å². The topological polar surface area (TPSA) is 65.4 Å². The molecule has 96 valence electrons. The third-order valence-electron chi connectivity index (χ3n) is 3.27. The van der Waals surface area contributed by atoms with Gasteiger partial charge in [-0.3, -0.25) is 0 Å². The lowest BCUT2D eigenvalue weighted by Crippen LogP contribution is -2.08.